The number of carbonyl (C=O) groups excluding carboxylic acids is 1. The Morgan fingerprint density at radius 3 is 2.64 bits per heavy atom. The van der Waals surface area contributed by atoms with Crippen LogP contribution in [0.25, 0.3) is 11.0 Å². The van der Waals surface area contributed by atoms with E-state index in [-0.39, 0.29) is 22.8 Å². The lowest BCUT2D eigenvalue weighted by molar-refractivity contribution is 0.0448. The van der Waals surface area contributed by atoms with E-state index in [1.807, 2.05) is 11.5 Å². The van der Waals surface area contributed by atoms with Crippen LogP contribution in [0.3, 0.4) is 0 Å². The quantitative estimate of drug-likeness (QED) is 0.462. The highest BCUT2D eigenvalue weighted by Crippen LogP contribution is 2.24. The number of esters is 1. The summed E-state index contributed by atoms with van der Waals surface area (Å²) in [6.07, 6.45) is 0.808. The van der Waals surface area contributed by atoms with Gasteiger partial charge in [0.15, 0.2) is 5.69 Å². The van der Waals surface area contributed by atoms with Gasteiger partial charge in [-0.25, -0.2) is 22.9 Å². The number of nitrogens with zero attached hydrogens (tertiary/aromatic N) is 5. The molecule has 3 aromatic rings. The largest absolute Gasteiger partial charge is 0.453 e. The number of fused-ring (bicyclic) bond motifs is 1. The summed E-state index contributed by atoms with van der Waals surface area (Å²) < 4.78 is 41.0. The number of ether oxygens (including phenoxy) is 2. The van der Waals surface area contributed by atoms with Gasteiger partial charge in [0, 0.05) is 32.7 Å². The number of imidazole rings is 1. The summed E-state index contributed by atoms with van der Waals surface area (Å²) in [7, 11) is -2.21. The third kappa shape index (κ3) is 4.68. The van der Waals surface area contributed by atoms with Gasteiger partial charge in [-0.3, -0.25) is 4.79 Å². The molecule has 1 saturated heterocycles. The van der Waals surface area contributed by atoms with Crippen LogP contribution < -0.4 is 5.56 Å². The molecule has 0 amide bonds. The van der Waals surface area contributed by atoms with Crippen LogP contribution in [0.1, 0.15) is 29.7 Å². The van der Waals surface area contributed by atoms with Gasteiger partial charge in [-0.1, -0.05) is 6.92 Å². The van der Waals surface area contributed by atoms with Gasteiger partial charge in [0.2, 0.25) is 10.0 Å². The van der Waals surface area contributed by atoms with Crippen molar-refractivity contribution in [2.45, 2.75) is 31.4 Å². The zero-order chi connectivity index (χ0) is 23.6. The fourth-order valence-electron chi connectivity index (χ4n) is 3.65. The molecule has 0 atom stereocenters. The van der Waals surface area contributed by atoms with E-state index in [4.69, 9.17) is 9.47 Å². The molecule has 11 nitrogen and oxygen atoms in total. The Morgan fingerprint density at radius 1 is 1.18 bits per heavy atom. The second-order valence-corrected chi connectivity index (χ2v) is 9.54. The Hall–Kier alpha value is -3.09. The van der Waals surface area contributed by atoms with Gasteiger partial charge in [-0.2, -0.15) is 9.40 Å². The number of morpholine rings is 1. The predicted molar refractivity (Wildman–Crippen MR) is 118 cm³/mol. The third-order valence-electron chi connectivity index (χ3n) is 5.36. The second kappa shape index (κ2) is 9.41. The van der Waals surface area contributed by atoms with Gasteiger partial charge in [-0.05, 0) is 30.7 Å². The maximum absolute atomic E-state index is 13.0. The van der Waals surface area contributed by atoms with Crippen molar-refractivity contribution in [2.24, 2.45) is 7.05 Å². The first kappa shape index (κ1) is 23.1. The first-order valence-corrected chi connectivity index (χ1v) is 12.0. The second-order valence-electron chi connectivity index (χ2n) is 7.60. The van der Waals surface area contributed by atoms with Crippen molar-refractivity contribution in [1.82, 2.24) is 23.6 Å². The molecule has 1 fully saturated rings. The summed E-state index contributed by atoms with van der Waals surface area (Å²) in [5.74, 6) is -0.192. The number of aryl methyl sites for hydroxylation is 2. The van der Waals surface area contributed by atoms with Gasteiger partial charge in [0.25, 0.3) is 5.56 Å². The Balaban J connectivity index is 1.61. The van der Waals surface area contributed by atoms with Crippen molar-refractivity contribution in [3.63, 3.8) is 0 Å². The topological polar surface area (TPSA) is 126 Å². The molecule has 0 unspecified atom stereocenters. The van der Waals surface area contributed by atoms with Crippen LogP contribution >= 0.6 is 0 Å². The van der Waals surface area contributed by atoms with E-state index >= 15 is 0 Å². The number of sulfonamides is 1. The molecule has 0 spiro atoms. The van der Waals surface area contributed by atoms with Crippen LogP contribution in [0.2, 0.25) is 0 Å². The summed E-state index contributed by atoms with van der Waals surface area (Å²) in [5.41, 5.74) is 0.932. The average molecular weight is 476 g/mol. The van der Waals surface area contributed by atoms with Gasteiger partial charge in [-0.15, -0.1) is 0 Å². The van der Waals surface area contributed by atoms with Gasteiger partial charge in [0.1, 0.15) is 12.4 Å². The van der Waals surface area contributed by atoms with Gasteiger partial charge >= 0.3 is 5.97 Å². The molecule has 4 rings (SSSR count). The Kier molecular flexibility index (Phi) is 6.58. The predicted octanol–water partition coefficient (Wildman–Crippen LogP) is 0.918. The summed E-state index contributed by atoms with van der Waals surface area (Å²) in [6.45, 7) is 3.86. The Labute approximate surface area is 190 Å². The van der Waals surface area contributed by atoms with E-state index in [0.29, 0.717) is 44.2 Å². The van der Waals surface area contributed by atoms with E-state index in [1.54, 1.807) is 18.2 Å². The van der Waals surface area contributed by atoms with Gasteiger partial charge in [0.05, 0.1) is 29.1 Å². The van der Waals surface area contributed by atoms with Crippen LogP contribution in [-0.4, -0.2) is 64.3 Å². The van der Waals surface area contributed by atoms with Crippen molar-refractivity contribution >= 4 is 27.0 Å². The molecule has 1 aliphatic heterocycles. The minimum atomic E-state index is -3.66. The zero-order valence-corrected chi connectivity index (χ0v) is 19.2. The van der Waals surface area contributed by atoms with E-state index < -0.39 is 16.0 Å². The lowest BCUT2D eigenvalue weighted by Crippen LogP contribution is -2.40. The molecule has 176 valence electrons. The summed E-state index contributed by atoms with van der Waals surface area (Å²) in [4.78, 5) is 28.6. The lowest BCUT2D eigenvalue weighted by atomic mass is 10.3. The fraction of sp³-hybridized carbons (Fsp3) is 0.429. The first-order valence-electron chi connectivity index (χ1n) is 10.6. The van der Waals surface area contributed by atoms with Crippen LogP contribution in [0.4, 0.5) is 0 Å². The monoisotopic (exact) mass is 475 g/mol. The number of benzene rings is 1. The summed E-state index contributed by atoms with van der Waals surface area (Å²) in [5, 5.41) is 3.89. The number of aromatic nitrogens is 4. The van der Waals surface area contributed by atoms with Crippen LogP contribution in [0, 0.1) is 0 Å². The molecule has 0 radical (unpaired) electrons. The third-order valence-corrected chi connectivity index (χ3v) is 7.25. The van der Waals surface area contributed by atoms with E-state index in [9.17, 15) is 18.0 Å². The highest BCUT2D eigenvalue weighted by Gasteiger charge is 2.27. The molecule has 33 heavy (non-hydrogen) atoms. The molecule has 0 N–H and O–H groups in total. The van der Waals surface area contributed by atoms with E-state index in [1.165, 1.54) is 23.5 Å². The number of hydrogen-bond acceptors (Lipinski definition) is 8. The highest BCUT2D eigenvalue weighted by atomic mass is 32.2. The first-order chi connectivity index (χ1) is 15.8. The minimum absolute atomic E-state index is 0.00847. The Morgan fingerprint density at radius 2 is 1.94 bits per heavy atom. The molecule has 1 aliphatic rings. The van der Waals surface area contributed by atoms with Crippen molar-refractivity contribution in [3.05, 3.63) is 52.2 Å². The standard InChI is InChI=1S/C21H25N5O6S/c1-3-8-26-18-6-4-15(33(29,30)25-9-11-31-12-10-25)13-17(18)22-19(26)14-32-21(28)16-5-7-20(27)24(2)23-16/h4-7,13H,3,8-12,14H2,1-2H3. The van der Waals surface area contributed by atoms with Crippen LogP contribution in [0.5, 0.6) is 0 Å². The Bertz CT molecular complexity index is 1340. The van der Waals surface area contributed by atoms with Gasteiger partial charge < -0.3 is 14.0 Å². The molecule has 2 aromatic heterocycles. The van der Waals surface area contributed by atoms with Crippen LogP contribution in [-0.2, 0) is 39.7 Å². The van der Waals surface area contributed by atoms with E-state index in [2.05, 4.69) is 10.1 Å². The number of rotatable bonds is 7. The zero-order valence-electron chi connectivity index (χ0n) is 18.4. The highest BCUT2D eigenvalue weighted by molar-refractivity contribution is 7.89. The maximum atomic E-state index is 13.0. The summed E-state index contributed by atoms with van der Waals surface area (Å²) in [6, 6.07) is 7.40. The average Bonchev–Trinajstić information content (AvgIpc) is 3.16. The minimum Gasteiger partial charge on any atom is -0.453 e. The molecule has 0 aliphatic carbocycles. The summed E-state index contributed by atoms with van der Waals surface area (Å²) >= 11 is 0. The maximum Gasteiger partial charge on any atom is 0.359 e. The van der Waals surface area contributed by atoms with Crippen molar-refractivity contribution < 1.29 is 22.7 Å². The molecular formula is C21H25N5O6S. The van der Waals surface area contributed by atoms with Crippen molar-refractivity contribution in [2.75, 3.05) is 26.3 Å². The number of hydrogen-bond donors (Lipinski definition) is 0. The lowest BCUT2D eigenvalue weighted by Gasteiger charge is -2.26. The number of carbonyl (C=O) groups is 1. The van der Waals surface area contributed by atoms with Crippen molar-refractivity contribution in [1.29, 1.82) is 0 Å². The molecular weight excluding hydrogens is 450 g/mol. The van der Waals surface area contributed by atoms with Crippen LogP contribution in [0.15, 0.2) is 40.0 Å². The molecule has 3 heterocycles. The molecule has 12 heteroatoms. The fourth-order valence-corrected chi connectivity index (χ4v) is 5.08. The normalized spacial score (nSPS) is 15.1. The molecule has 0 saturated carbocycles. The molecule has 0 bridgehead atoms. The van der Waals surface area contributed by atoms with Crippen molar-refractivity contribution in [3.8, 4) is 0 Å². The van der Waals surface area contributed by atoms with E-state index in [0.717, 1.165) is 16.6 Å². The molecule has 1 aromatic carbocycles. The SMILES string of the molecule is CCCn1c(COC(=O)c2ccc(=O)n(C)n2)nc2cc(S(=O)(=O)N3CCOCC3)ccc21. The smallest absolute Gasteiger partial charge is 0.359 e.